The van der Waals surface area contributed by atoms with Gasteiger partial charge in [-0.1, -0.05) is 11.6 Å². The van der Waals surface area contributed by atoms with Crippen molar-refractivity contribution in [3.05, 3.63) is 23.2 Å². The second-order valence-electron chi connectivity index (χ2n) is 2.13. The highest BCUT2D eigenvalue weighted by Crippen LogP contribution is 2.37. The highest BCUT2D eigenvalue weighted by Gasteiger charge is 2.32. The molecule has 0 unspecified atom stereocenters. The van der Waals surface area contributed by atoms with Gasteiger partial charge >= 0.3 is 10.1 Å². The standard InChI is InChI=1S/C6H3ClO3S/c7-4-1-2-6-5(3-4)10-11(6,8)9/h1-3H. The van der Waals surface area contributed by atoms with Crippen LogP contribution in [0.15, 0.2) is 23.1 Å². The van der Waals surface area contributed by atoms with Gasteiger partial charge < -0.3 is 4.18 Å². The minimum Gasteiger partial charge on any atom is -0.377 e. The summed E-state index contributed by atoms with van der Waals surface area (Å²) in [6, 6.07) is 4.41. The highest BCUT2D eigenvalue weighted by molar-refractivity contribution is 7.88. The first-order valence-electron chi connectivity index (χ1n) is 2.84. The van der Waals surface area contributed by atoms with Gasteiger partial charge in [-0.05, 0) is 12.1 Å². The van der Waals surface area contributed by atoms with Gasteiger partial charge in [0, 0.05) is 11.1 Å². The van der Waals surface area contributed by atoms with Gasteiger partial charge in [0.25, 0.3) is 0 Å². The van der Waals surface area contributed by atoms with Gasteiger partial charge in [-0.2, -0.15) is 8.42 Å². The van der Waals surface area contributed by atoms with Gasteiger partial charge in [-0.15, -0.1) is 0 Å². The third-order valence-corrected chi connectivity index (χ3v) is 2.88. The molecule has 0 spiro atoms. The van der Waals surface area contributed by atoms with Crippen LogP contribution < -0.4 is 4.18 Å². The van der Waals surface area contributed by atoms with Gasteiger partial charge in [0.2, 0.25) is 0 Å². The molecule has 0 atom stereocenters. The topological polar surface area (TPSA) is 43.4 Å². The van der Waals surface area contributed by atoms with E-state index < -0.39 is 10.1 Å². The molecule has 1 aliphatic rings. The molecule has 1 aromatic rings. The molecule has 1 aromatic carbocycles. The predicted octanol–water partition coefficient (Wildman–Crippen LogP) is 1.42. The van der Waals surface area contributed by atoms with Crippen molar-refractivity contribution in [3.8, 4) is 5.75 Å². The maximum atomic E-state index is 10.8. The number of fused-ring (bicyclic) bond motifs is 1. The van der Waals surface area contributed by atoms with Crippen LogP contribution in [-0.4, -0.2) is 8.42 Å². The van der Waals surface area contributed by atoms with E-state index in [0.717, 1.165) is 0 Å². The zero-order valence-electron chi connectivity index (χ0n) is 5.24. The van der Waals surface area contributed by atoms with Crippen molar-refractivity contribution in [1.29, 1.82) is 0 Å². The lowest BCUT2D eigenvalue weighted by Gasteiger charge is -2.18. The van der Waals surface area contributed by atoms with Crippen LogP contribution in [0.1, 0.15) is 0 Å². The Labute approximate surface area is 68.7 Å². The van der Waals surface area contributed by atoms with E-state index >= 15 is 0 Å². The Morgan fingerprint density at radius 2 is 2.09 bits per heavy atom. The second-order valence-corrected chi connectivity index (χ2v) is 4.08. The normalized spacial score (nSPS) is 17.9. The fraction of sp³-hybridized carbons (Fsp3) is 0. The van der Waals surface area contributed by atoms with Crippen LogP contribution in [-0.2, 0) is 10.1 Å². The van der Waals surface area contributed by atoms with Crippen molar-refractivity contribution in [3.63, 3.8) is 0 Å². The Balaban J connectivity index is 2.69. The van der Waals surface area contributed by atoms with Gasteiger partial charge in [0.1, 0.15) is 4.90 Å². The van der Waals surface area contributed by atoms with E-state index in [4.69, 9.17) is 11.6 Å². The summed E-state index contributed by atoms with van der Waals surface area (Å²) in [5.41, 5.74) is 0. The smallest absolute Gasteiger partial charge is 0.343 e. The van der Waals surface area contributed by atoms with Gasteiger partial charge in [0.15, 0.2) is 5.75 Å². The number of rotatable bonds is 0. The van der Waals surface area contributed by atoms with Crippen LogP contribution in [0.2, 0.25) is 5.02 Å². The first kappa shape index (κ1) is 6.94. The molecule has 0 amide bonds. The van der Waals surface area contributed by atoms with Crippen LogP contribution in [0, 0.1) is 0 Å². The lowest BCUT2D eigenvalue weighted by molar-refractivity contribution is 0.442. The van der Waals surface area contributed by atoms with E-state index in [-0.39, 0.29) is 4.90 Å². The van der Waals surface area contributed by atoms with Gasteiger partial charge in [0.05, 0.1) is 0 Å². The summed E-state index contributed by atoms with van der Waals surface area (Å²) in [7, 11) is -3.42. The minimum absolute atomic E-state index is 0.210. The zero-order chi connectivity index (χ0) is 8.06. The molecule has 11 heavy (non-hydrogen) atoms. The first-order valence-corrected chi connectivity index (χ1v) is 4.62. The molecule has 1 aliphatic heterocycles. The molecule has 58 valence electrons. The minimum atomic E-state index is -3.42. The Hall–Kier alpha value is -0.740. The molecular formula is C6H3ClO3S. The maximum absolute atomic E-state index is 10.8. The highest BCUT2D eigenvalue weighted by atomic mass is 35.5. The summed E-state index contributed by atoms with van der Waals surface area (Å²) >= 11 is 5.57. The Kier molecular flexibility index (Phi) is 1.20. The summed E-state index contributed by atoms with van der Waals surface area (Å²) in [6.07, 6.45) is 0. The molecule has 5 heteroatoms. The van der Waals surface area contributed by atoms with E-state index in [1.807, 2.05) is 0 Å². The SMILES string of the molecule is O=S1(=O)Oc2cc(Cl)ccc21. The Bertz CT molecular complexity index is 410. The molecular weight excluding hydrogens is 188 g/mol. The molecule has 0 N–H and O–H groups in total. The van der Waals surface area contributed by atoms with E-state index in [1.54, 1.807) is 0 Å². The summed E-state index contributed by atoms with van der Waals surface area (Å²) < 4.78 is 26.0. The monoisotopic (exact) mass is 190 g/mol. The first-order chi connectivity index (χ1) is 5.09. The maximum Gasteiger partial charge on any atom is 0.343 e. The summed E-state index contributed by atoms with van der Waals surface area (Å²) in [5.74, 6) is 0.331. The lowest BCUT2D eigenvalue weighted by atomic mass is 10.3. The van der Waals surface area contributed by atoms with Crippen molar-refractivity contribution in [2.45, 2.75) is 4.90 Å². The van der Waals surface area contributed by atoms with Gasteiger partial charge in [-0.3, -0.25) is 0 Å². The van der Waals surface area contributed by atoms with E-state index in [1.165, 1.54) is 18.2 Å². The van der Waals surface area contributed by atoms with E-state index in [9.17, 15) is 8.42 Å². The van der Waals surface area contributed by atoms with Crippen molar-refractivity contribution >= 4 is 21.7 Å². The van der Waals surface area contributed by atoms with Crippen LogP contribution in [0.25, 0.3) is 0 Å². The number of benzene rings is 1. The van der Waals surface area contributed by atoms with Crippen molar-refractivity contribution in [1.82, 2.24) is 0 Å². The quantitative estimate of drug-likeness (QED) is 0.582. The van der Waals surface area contributed by atoms with Gasteiger partial charge in [-0.25, -0.2) is 0 Å². The Morgan fingerprint density at radius 1 is 1.36 bits per heavy atom. The summed E-state index contributed by atoms with van der Waals surface area (Å²) in [5, 5.41) is 0.471. The molecule has 0 saturated heterocycles. The largest absolute Gasteiger partial charge is 0.377 e. The molecule has 0 bridgehead atoms. The van der Waals surface area contributed by atoms with Crippen LogP contribution >= 0.6 is 11.6 Å². The molecule has 0 saturated carbocycles. The molecule has 0 aliphatic carbocycles. The third-order valence-electron chi connectivity index (χ3n) is 1.37. The lowest BCUT2D eigenvalue weighted by Crippen LogP contribution is -2.20. The molecule has 2 rings (SSSR count). The zero-order valence-corrected chi connectivity index (χ0v) is 6.82. The number of hydrogen-bond donors (Lipinski definition) is 0. The molecule has 1 heterocycles. The van der Waals surface area contributed by atoms with Crippen molar-refractivity contribution < 1.29 is 12.6 Å². The van der Waals surface area contributed by atoms with E-state index in [0.29, 0.717) is 10.8 Å². The number of halogens is 1. The van der Waals surface area contributed by atoms with Crippen molar-refractivity contribution in [2.24, 2.45) is 0 Å². The molecule has 0 aromatic heterocycles. The fourth-order valence-corrected chi connectivity index (χ4v) is 1.97. The van der Waals surface area contributed by atoms with Crippen LogP contribution in [0.3, 0.4) is 0 Å². The summed E-state index contributed by atoms with van der Waals surface area (Å²) in [4.78, 5) is 0.210. The van der Waals surface area contributed by atoms with Crippen LogP contribution in [0.5, 0.6) is 5.75 Å². The average molecular weight is 191 g/mol. The Morgan fingerprint density at radius 3 is 2.64 bits per heavy atom. The van der Waals surface area contributed by atoms with Crippen molar-refractivity contribution in [2.75, 3.05) is 0 Å². The van der Waals surface area contributed by atoms with E-state index in [2.05, 4.69) is 4.18 Å². The molecule has 0 radical (unpaired) electrons. The average Bonchev–Trinajstić information content (AvgIpc) is 1.85. The third kappa shape index (κ3) is 0.902. The molecule has 0 fully saturated rings. The van der Waals surface area contributed by atoms with Crippen LogP contribution in [0.4, 0.5) is 0 Å². The predicted molar refractivity (Wildman–Crippen MR) is 39.3 cm³/mol. The number of hydrogen-bond acceptors (Lipinski definition) is 3. The fourth-order valence-electron chi connectivity index (χ4n) is 0.883. The second kappa shape index (κ2) is 1.89. The summed E-state index contributed by atoms with van der Waals surface area (Å²) in [6.45, 7) is 0. The molecule has 3 nitrogen and oxygen atoms in total.